The number of thiophene rings is 1. The number of fused-ring (bicyclic) bond motifs is 10. The number of hydrogen-bond donors (Lipinski definition) is 0. The van der Waals surface area contributed by atoms with Crippen LogP contribution in [-0.2, 0) is 0 Å². The molecule has 1 nitrogen and oxygen atoms in total. The minimum absolute atomic E-state index is 1.10. The summed E-state index contributed by atoms with van der Waals surface area (Å²) in [5, 5.41) is 12.9. The van der Waals surface area contributed by atoms with Crippen LogP contribution in [0.3, 0.4) is 0 Å². The fourth-order valence-electron chi connectivity index (χ4n) is 9.39. The molecule has 0 fully saturated rings. The van der Waals surface area contributed by atoms with Crippen LogP contribution in [0, 0.1) is 0 Å². The Balaban J connectivity index is 0.975. The number of nitrogens with zero attached hydrogens (tertiary/aromatic N) is 1. The van der Waals surface area contributed by atoms with E-state index in [0.717, 1.165) is 17.1 Å². The van der Waals surface area contributed by atoms with Crippen LogP contribution in [0.25, 0.3) is 96.6 Å². The van der Waals surface area contributed by atoms with Crippen molar-refractivity contribution in [1.29, 1.82) is 0 Å². The lowest BCUT2D eigenvalue weighted by Crippen LogP contribution is -2.10. The van der Waals surface area contributed by atoms with Crippen LogP contribution >= 0.6 is 11.3 Å². The first kappa shape index (κ1) is 34.5. The summed E-state index contributed by atoms with van der Waals surface area (Å²) in [7, 11) is 0. The molecule has 12 rings (SSSR count). The predicted octanol–water partition coefficient (Wildman–Crippen LogP) is 17.1. The standard InChI is InChI=1S/C58H37NS/c1-2-16-46-39(12-1)13-10-22-47(46)42-14-9-15-45(36-42)59(44-33-28-40(29-34-44)48-23-11-24-55-54-21-7-8-25-57(54)60-58(48)55)43-31-26-38(27-32-43)41-30-35-53-51-19-4-3-17-49(51)50-18-5-6-20-52(50)56(53)37-41/h1-37H. The van der Waals surface area contributed by atoms with Gasteiger partial charge in [-0.05, 0) is 125 Å². The average Bonchev–Trinajstić information content (AvgIpc) is 3.71. The van der Waals surface area contributed by atoms with E-state index >= 15 is 0 Å². The minimum atomic E-state index is 1.10. The minimum Gasteiger partial charge on any atom is -0.310 e. The van der Waals surface area contributed by atoms with Gasteiger partial charge in [-0.15, -0.1) is 11.3 Å². The second-order valence-corrected chi connectivity index (χ2v) is 16.7. The van der Waals surface area contributed by atoms with Crippen LogP contribution in [0.4, 0.5) is 17.1 Å². The molecule has 0 aliphatic carbocycles. The Morgan fingerprint density at radius 2 is 0.783 bits per heavy atom. The summed E-state index contributed by atoms with van der Waals surface area (Å²) in [6.45, 7) is 0. The first-order chi connectivity index (χ1) is 29.7. The maximum atomic E-state index is 2.39. The number of anilines is 3. The van der Waals surface area contributed by atoms with Gasteiger partial charge in [-0.25, -0.2) is 0 Å². The Morgan fingerprint density at radius 1 is 0.267 bits per heavy atom. The van der Waals surface area contributed by atoms with E-state index in [4.69, 9.17) is 0 Å². The molecule has 0 aliphatic heterocycles. The van der Waals surface area contributed by atoms with Crippen molar-refractivity contribution >= 4 is 91.7 Å². The first-order valence-electron chi connectivity index (χ1n) is 20.6. The third-order valence-electron chi connectivity index (χ3n) is 12.2. The van der Waals surface area contributed by atoms with Gasteiger partial charge in [-0.2, -0.15) is 0 Å². The highest BCUT2D eigenvalue weighted by atomic mass is 32.1. The monoisotopic (exact) mass is 779 g/mol. The molecule has 0 unspecified atom stereocenters. The third-order valence-corrected chi connectivity index (χ3v) is 13.5. The zero-order valence-electron chi connectivity index (χ0n) is 32.7. The summed E-state index contributed by atoms with van der Waals surface area (Å²) in [6.07, 6.45) is 0. The van der Waals surface area contributed by atoms with Crippen molar-refractivity contribution in [1.82, 2.24) is 0 Å². The first-order valence-corrected chi connectivity index (χ1v) is 21.4. The summed E-state index contributed by atoms with van der Waals surface area (Å²) < 4.78 is 2.65. The highest BCUT2D eigenvalue weighted by molar-refractivity contribution is 7.26. The molecular formula is C58H37NS. The zero-order valence-corrected chi connectivity index (χ0v) is 33.5. The van der Waals surface area contributed by atoms with Gasteiger partial charge in [0.2, 0.25) is 0 Å². The van der Waals surface area contributed by atoms with Crippen LogP contribution in [-0.4, -0.2) is 0 Å². The maximum Gasteiger partial charge on any atom is 0.0467 e. The molecule has 12 aromatic rings. The lowest BCUT2D eigenvalue weighted by atomic mass is 9.92. The molecule has 2 heteroatoms. The van der Waals surface area contributed by atoms with Crippen LogP contribution in [0.5, 0.6) is 0 Å². The van der Waals surface area contributed by atoms with Gasteiger partial charge in [0.25, 0.3) is 0 Å². The SMILES string of the molecule is c1cc(-c2cccc3ccccc23)cc(N(c2ccc(-c3ccc4c5ccccc5c5ccccc5c4c3)cc2)c2ccc(-c3cccc4c3sc3ccccc34)cc2)c1. The molecule has 0 amide bonds. The summed E-state index contributed by atoms with van der Waals surface area (Å²) in [6, 6.07) is 82.4. The Labute approximate surface area is 352 Å². The van der Waals surface area contributed by atoms with Gasteiger partial charge in [0.05, 0.1) is 0 Å². The fourth-order valence-corrected chi connectivity index (χ4v) is 10.6. The molecule has 0 aliphatic rings. The highest BCUT2D eigenvalue weighted by Gasteiger charge is 2.17. The van der Waals surface area contributed by atoms with Crippen molar-refractivity contribution in [3.8, 4) is 33.4 Å². The van der Waals surface area contributed by atoms with Crippen LogP contribution in [0.15, 0.2) is 224 Å². The van der Waals surface area contributed by atoms with Gasteiger partial charge in [-0.3, -0.25) is 0 Å². The van der Waals surface area contributed by atoms with E-state index in [1.807, 2.05) is 11.3 Å². The molecule has 1 heterocycles. The van der Waals surface area contributed by atoms with Gasteiger partial charge in [0.1, 0.15) is 0 Å². The van der Waals surface area contributed by atoms with E-state index in [9.17, 15) is 0 Å². The second-order valence-electron chi connectivity index (χ2n) is 15.6. The van der Waals surface area contributed by atoms with Crippen molar-refractivity contribution in [3.63, 3.8) is 0 Å². The molecule has 0 saturated carbocycles. The highest BCUT2D eigenvalue weighted by Crippen LogP contribution is 2.43. The van der Waals surface area contributed by atoms with E-state index in [1.165, 1.54) is 96.6 Å². The average molecular weight is 780 g/mol. The normalized spacial score (nSPS) is 11.7. The number of rotatable bonds is 6. The lowest BCUT2D eigenvalue weighted by Gasteiger charge is -2.26. The molecule has 280 valence electrons. The summed E-state index contributed by atoms with van der Waals surface area (Å²) in [5.74, 6) is 0. The summed E-state index contributed by atoms with van der Waals surface area (Å²) in [4.78, 5) is 2.39. The lowest BCUT2D eigenvalue weighted by molar-refractivity contribution is 1.28. The van der Waals surface area contributed by atoms with E-state index < -0.39 is 0 Å². The molecule has 60 heavy (non-hydrogen) atoms. The van der Waals surface area contributed by atoms with E-state index in [-0.39, 0.29) is 0 Å². The van der Waals surface area contributed by atoms with Crippen LogP contribution in [0.1, 0.15) is 0 Å². The zero-order chi connectivity index (χ0) is 39.6. The number of benzene rings is 11. The Bertz CT molecular complexity index is 3560. The predicted molar refractivity (Wildman–Crippen MR) is 260 cm³/mol. The Kier molecular flexibility index (Phi) is 8.11. The van der Waals surface area contributed by atoms with Gasteiger partial charge in [-0.1, -0.05) is 176 Å². The van der Waals surface area contributed by atoms with E-state index in [2.05, 4.69) is 229 Å². The van der Waals surface area contributed by atoms with Gasteiger partial charge < -0.3 is 4.90 Å². The molecular weight excluding hydrogens is 743 g/mol. The molecule has 0 atom stereocenters. The summed E-state index contributed by atoms with van der Waals surface area (Å²) in [5.41, 5.74) is 10.6. The van der Waals surface area contributed by atoms with Crippen LogP contribution in [0.2, 0.25) is 0 Å². The van der Waals surface area contributed by atoms with Crippen molar-refractivity contribution in [2.24, 2.45) is 0 Å². The van der Waals surface area contributed by atoms with E-state index in [1.54, 1.807) is 0 Å². The quantitative estimate of drug-likeness (QED) is 0.152. The molecule has 11 aromatic carbocycles. The maximum absolute atomic E-state index is 2.39. The van der Waals surface area contributed by atoms with Crippen molar-refractivity contribution in [2.75, 3.05) is 4.90 Å². The van der Waals surface area contributed by atoms with E-state index in [0.29, 0.717) is 0 Å². The third kappa shape index (κ3) is 5.68. The Hall–Kier alpha value is -7.52. The van der Waals surface area contributed by atoms with Gasteiger partial charge >= 0.3 is 0 Å². The molecule has 0 bridgehead atoms. The largest absolute Gasteiger partial charge is 0.310 e. The van der Waals surface area contributed by atoms with Crippen LogP contribution < -0.4 is 4.90 Å². The fraction of sp³-hybridized carbons (Fsp3) is 0. The molecule has 0 N–H and O–H groups in total. The molecule has 1 aromatic heterocycles. The Morgan fingerprint density at radius 3 is 1.52 bits per heavy atom. The van der Waals surface area contributed by atoms with Crippen molar-refractivity contribution in [3.05, 3.63) is 224 Å². The topological polar surface area (TPSA) is 3.24 Å². The molecule has 0 radical (unpaired) electrons. The second kappa shape index (κ2) is 14.1. The molecule has 0 spiro atoms. The molecule has 0 saturated heterocycles. The summed E-state index contributed by atoms with van der Waals surface area (Å²) >= 11 is 1.88. The van der Waals surface area contributed by atoms with Crippen molar-refractivity contribution in [2.45, 2.75) is 0 Å². The smallest absolute Gasteiger partial charge is 0.0467 e. The van der Waals surface area contributed by atoms with Gasteiger partial charge in [0.15, 0.2) is 0 Å². The number of hydrogen-bond acceptors (Lipinski definition) is 2. The van der Waals surface area contributed by atoms with Crippen molar-refractivity contribution < 1.29 is 0 Å². The van der Waals surface area contributed by atoms with Gasteiger partial charge in [0, 0.05) is 37.2 Å².